The fourth-order valence-corrected chi connectivity index (χ4v) is 3.14. The molecule has 25 heavy (non-hydrogen) atoms. The van der Waals surface area contributed by atoms with E-state index in [-0.39, 0.29) is 11.8 Å². The highest BCUT2D eigenvalue weighted by Gasteiger charge is 2.16. The number of carbonyl (C=O) groups is 2. The molecule has 1 atom stereocenters. The molecule has 1 saturated heterocycles. The molecule has 1 fully saturated rings. The van der Waals surface area contributed by atoms with E-state index in [0.29, 0.717) is 19.6 Å². The average Bonchev–Trinajstić information content (AvgIpc) is 2.62. The van der Waals surface area contributed by atoms with Crippen molar-refractivity contribution in [1.29, 1.82) is 0 Å². The first-order chi connectivity index (χ1) is 12.1. The topological polar surface area (TPSA) is 65.9 Å². The minimum atomic E-state index is -0.0631. The number of piperidine rings is 1. The average molecular weight is 347 g/mol. The Morgan fingerprint density at radius 2 is 1.64 bits per heavy atom. The van der Waals surface area contributed by atoms with Crippen LogP contribution in [0.1, 0.15) is 33.1 Å². The number of likely N-dealkylation sites (N-methyl/N-ethyl adjacent to an activating group) is 2. The zero-order chi connectivity index (χ0) is 18.1. The highest BCUT2D eigenvalue weighted by Crippen LogP contribution is 2.21. The van der Waals surface area contributed by atoms with Crippen LogP contribution in [0, 0.1) is 0 Å². The summed E-state index contributed by atoms with van der Waals surface area (Å²) < 4.78 is 0. The quantitative estimate of drug-likeness (QED) is 0.647. The number of rotatable bonds is 8. The number of anilines is 2. The maximum absolute atomic E-state index is 12.2. The number of hydrogen-bond acceptors (Lipinski definition) is 3. The predicted molar refractivity (Wildman–Crippen MR) is 101 cm³/mol. The number of nitrogens with one attached hydrogen (secondary N) is 3. The zero-order valence-electron chi connectivity index (χ0n) is 15.4. The van der Waals surface area contributed by atoms with Crippen molar-refractivity contribution >= 4 is 23.2 Å². The molecule has 0 radical (unpaired) electrons. The molecule has 0 aromatic heterocycles. The van der Waals surface area contributed by atoms with Crippen LogP contribution in [0.15, 0.2) is 24.3 Å². The van der Waals surface area contributed by atoms with E-state index in [0.717, 1.165) is 30.2 Å². The molecule has 0 aliphatic carbocycles. The van der Waals surface area contributed by atoms with Gasteiger partial charge in [0.05, 0.1) is 6.54 Å². The Hall–Kier alpha value is -2.08. The lowest BCUT2D eigenvalue weighted by Crippen LogP contribution is -3.14. The molecule has 1 aliphatic heterocycles. The third kappa shape index (κ3) is 6.38. The molecule has 0 spiro atoms. The van der Waals surface area contributed by atoms with Crippen LogP contribution in [-0.4, -0.2) is 51.1 Å². The van der Waals surface area contributed by atoms with Gasteiger partial charge in [0, 0.05) is 31.0 Å². The fourth-order valence-electron chi connectivity index (χ4n) is 3.14. The van der Waals surface area contributed by atoms with Gasteiger partial charge in [-0.25, -0.2) is 0 Å². The molecule has 1 unspecified atom stereocenters. The second-order valence-electron chi connectivity index (χ2n) is 6.55. The molecule has 138 valence electrons. The Morgan fingerprint density at radius 1 is 1.00 bits per heavy atom. The highest BCUT2D eigenvalue weighted by atomic mass is 16.2. The van der Waals surface area contributed by atoms with Crippen LogP contribution in [0.5, 0.6) is 0 Å². The summed E-state index contributed by atoms with van der Waals surface area (Å²) in [6.07, 6.45) is 3.82. The summed E-state index contributed by atoms with van der Waals surface area (Å²) in [5.74, 6) is -0.0788. The normalized spacial score (nSPS) is 15.5. The summed E-state index contributed by atoms with van der Waals surface area (Å²) in [4.78, 5) is 27.3. The maximum Gasteiger partial charge on any atom is 0.279 e. The largest absolute Gasteiger partial charge is 0.372 e. The van der Waals surface area contributed by atoms with E-state index in [2.05, 4.69) is 27.7 Å². The summed E-state index contributed by atoms with van der Waals surface area (Å²) >= 11 is 0. The summed E-state index contributed by atoms with van der Waals surface area (Å²) in [6, 6.07) is 8.05. The van der Waals surface area contributed by atoms with Crippen molar-refractivity contribution in [3.8, 4) is 0 Å². The Kier molecular flexibility index (Phi) is 7.73. The molecule has 1 aliphatic rings. The Balaban J connectivity index is 1.83. The van der Waals surface area contributed by atoms with Gasteiger partial charge in [0.15, 0.2) is 13.1 Å². The molecular weight excluding hydrogens is 316 g/mol. The second-order valence-corrected chi connectivity index (χ2v) is 6.55. The summed E-state index contributed by atoms with van der Waals surface area (Å²) in [6.45, 7) is 8.07. The number of quaternary nitrogens is 1. The fraction of sp³-hybridized carbons (Fsp3) is 0.579. The monoisotopic (exact) mass is 347 g/mol. The number of amides is 2. The van der Waals surface area contributed by atoms with E-state index in [1.54, 1.807) is 0 Å². The van der Waals surface area contributed by atoms with Gasteiger partial charge in [-0.2, -0.15) is 0 Å². The Morgan fingerprint density at radius 3 is 2.24 bits per heavy atom. The number of benzene rings is 1. The van der Waals surface area contributed by atoms with E-state index in [1.807, 2.05) is 26.0 Å². The van der Waals surface area contributed by atoms with Gasteiger partial charge in [-0.1, -0.05) is 0 Å². The molecule has 2 amide bonds. The molecule has 3 N–H and O–H groups in total. The lowest BCUT2D eigenvalue weighted by atomic mass is 10.1. The summed E-state index contributed by atoms with van der Waals surface area (Å²) in [5.41, 5.74) is 2.02. The lowest BCUT2D eigenvalue weighted by molar-refractivity contribution is -0.881. The van der Waals surface area contributed by atoms with Crippen molar-refractivity contribution in [3.05, 3.63) is 24.3 Å². The molecule has 0 bridgehead atoms. The molecule has 0 saturated carbocycles. The van der Waals surface area contributed by atoms with Crippen LogP contribution in [0.4, 0.5) is 11.4 Å². The van der Waals surface area contributed by atoms with Crippen LogP contribution in [0.25, 0.3) is 0 Å². The van der Waals surface area contributed by atoms with E-state index in [1.165, 1.54) is 24.9 Å². The standard InChI is InChI=1S/C19H30N4O2/c1-3-20-18(24)14-22(4-2)15-19(25)21-16-8-10-17(11-9-16)23-12-6-5-7-13-23/h8-11H,3-7,12-15H2,1-2H3,(H,20,24)(H,21,25)/p+1. The molecule has 2 rings (SSSR count). The summed E-state index contributed by atoms with van der Waals surface area (Å²) in [5, 5.41) is 5.71. The van der Waals surface area contributed by atoms with Crippen LogP contribution < -0.4 is 20.4 Å². The van der Waals surface area contributed by atoms with Gasteiger partial charge in [0.1, 0.15) is 0 Å². The zero-order valence-corrected chi connectivity index (χ0v) is 15.4. The van der Waals surface area contributed by atoms with E-state index in [4.69, 9.17) is 0 Å². The molecule has 1 heterocycles. The first kappa shape index (κ1) is 19.2. The van der Waals surface area contributed by atoms with E-state index >= 15 is 0 Å². The van der Waals surface area contributed by atoms with Gasteiger partial charge in [0.25, 0.3) is 11.8 Å². The van der Waals surface area contributed by atoms with Crippen molar-refractivity contribution in [3.63, 3.8) is 0 Å². The van der Waals surface area contributed by atoms with Gasteiger partial charge >= 0.3 is 0 Å². The maximum atomic E-state index is 12.2. The van der Waals surface area contributed by atoms with Crippen molar-refractivity contribution in [2.75, 3.05) is 49.5 Å². The SMILES string of the molecule is CCNC(=O)C[NH+](CC)CC(=O)Nc1ccc(N2CCCCC2)cc1. The third-order valence-electron chi connectivity index (χ3n) is 4.57. The first-order valence-corrected chi connectivity index (χ1v) is 9.37. The molecular formula is C19H31N4O2+. The summed E-state index contributed by atoms with van der Waals surface area (Å²) in [7, 11) is 0. The minimum Gasteiger partial charge on any atom is -0.372 e. The van der Waals surface area contributed by atoms with Crippen LogP contribution in [0.3, 0.4) is 0 Å². The first-order valence-electron chi connectivity index (χ1n) is 9.37. The van der Waals surface area contributed by atoms with E-state index in [9.17, 15) is 9.59 Å². The van der Waals surface area contributed by atoms with Crippen molar-refractivity contribution < 1.29 is 14.5 Å². The second kappa shape index (κ2) is 10.0. The van der Waals surface area contributed by atoms with Crippen LogP contribution in [0.2, 0.25) is 0 Å². The Labute approximate surface area is 150 Å². The molecule has 6 nitrogen and oxygen atoms in total. The number of carbonyl (C=O) groups excluding carboxylic acids is 2. The molecule has 1 aromatic rings. The van der Waals surface area contributed by atoms with Crippen LogP contribution >= 0.6 is 0 Å². The van der Waals surface area contributed by atoms with Crippen LogP contribution in [-0.2, 0) is 9.59 Å². The van der Waals surface area contributed by atoms with Gasteiger partial charge in [-0.3, -0.25) is 9.59 Å². The van der Waals surface area contributed by atoms with Gasteiger partial charge in [0.2, 0.25) is 0 Å². The van der Waals surface area contributed by atoms with Crippen molar-refractivity contribution in [2.45, 2.75) is 33.1 Å². The minimum absolute atomic E-state index is 0.0157. The smallest absolute Gasteiger partial charge is 0.279 e. The number of hydrogen-bond donors (Lipinski definition) is 3. The third-order valence-corrected chi connectivity index (χ3v) is 4.57. The van der Waals surface area contributed by atoms with Gasteiger partial charge in [-0.15, -0.1) is 0 Å². The van der Waals surface area contributed by atoms with Gasteiger partial charge in [-0.05, 0) is 57.4 Å². The van der Waals surface area contributed by atoms with Gasteiger partial charge < -0.3 is 20.4 Å². The highest BCUT2D eigenvalue weighted by molar-refractivity contribution is 5.91. The Bertz CT molecular complexity index is 553. The van der Waals surface area contributed by atoms with Crippen molar-refractivity contribution in [1.82, 2.24) is 5.32 Å². The lowest BCUT2D eigenvalue weighted by Gasteiger charge is -2.28. The predicted octanol–water partition coefficient (Wildman–Crippen LogP) is 0.656. The molecule has 1 aromatic carbocycles. The molecule has 6 heteroatoms. The van der Waals surface area contributed by atoms with Crippen molar-refractivity contribution in [2.24, 2.45) is 0 Å². The van der Waals surface area contributed by atoms with E-state index < -0.39 is 0 Å². The number of nitrogens with zero attached hydrogens (tertiary/aromatic N) is 1.